The van der Waals surface area contributed by atoms with Gasteiger partial charge in [0.15, 0.2) is 0 Å². The molecular weight excluding hydrogens is 206 g/mol. The molecule has 2 amide bonds. The maximum atomic E-state index is 11.4. The normalized spacial score (nSPS) is 11.9. The molecule has 0 aliphatic carbocycles. The Balaban J connectivity index is 3.71. The fourth-order valence-corrected chi connectivity index (χ4v) is 1.14. The highest BCUT2D eigenvalue weighted by molar-refractivity contribution is 5.87. The van der Waals surface area contributed by atoms with Crippen molar-refractivity contribution in [3.05, 3.63) is 0 Å². The van der Waals surface area contributed by atoms with Crippen LogP contribution in [0.3, 0.4) is 0 Å². The van der Waals surface area contributed by atoms with Crippen molar-refractivity contribution in [3.8, 4) is 0 Å². The van der Waals surface area contributed by atoms with Crippen LogP contribution in [-0.4, -0.2) is 37.5 Å². The molecule has 0 saturated carbocycles. The van der Waals surface area contributed by atoms with Crippen molar-refractivity contribution >= 4 is 11.8 Å². The van der Waals surface area contributed by atoms with Crippen LogP contribution in [0.4, 0.5) is 0 Å². The zero-order valence-electron chi connectivity index (χ0n) is 10.4. The summed E-state index contributed by atoms with van der Waals surface area (Å²) in [5.74, 6) is -0.279. The van der Waals surface area contributed by atoms with Gasteiger partial charge in [0.25, 0.3) is 0 Å². The second-order valence-electron chi connectivity index (χ2n) is 3.76. The van der Waals surface area contributed by atoms with Gasteiger partial charge in [0.2, 0.25) is 11.8 Å². The first kappa shape index (κ1) is 14.9. The number of amides is 2. The Labute approximate surface area is 97.4 Å². The standard InChI is InChI=1S/C11H23N3O2/c1-4-6-12-8-10(15)14-9(3)11(16)13-7-5-2/h9,12H,4-8H2,1-3H3,(H,13,16)(H,14,15). The van der Waals surface area contributed by atoms with Gasteiger partial charge >= 0.3 is 0 Å². The average Bonchev–Trinajstić information content (AvgIpc) is 2.26. The molecule has 0 heterocycles. The summed E-state index contributed by atoms with van der Waals surface area (Å²) in [5.41, 5.74) is 0. The molecule has 3 N–H and O–H groups in total. The van der Waals surface area contributed by atoms with Crippen LogP contribution in [0.15, 0.2) is 0 Å². The summed E-state index contributed by atoms with van der Waals surface area (Å²) in [5, 5.41) is 8.34. The summed E-state index contributed by atoms with van der Waals surface area (Å²) in [7, 11) is 0. The predicted molar refractivity (Wildman–Crippen MR) is 64.1 cm³/mol. The molecule has 0 bridgehead atoms. The molecule has 0 aliphatic heterocycles. The molecule has 0 fully saturated rings. The largest absolute Gasteiger partial charge is 0.354 e. The van der Waals surface area contributed by atoms with Gasteiger partial charge in [-0.2, -0.15) is 0 Å². The Kier molecular flexibility index (Phi) is 8.52. The highest BCUT2D eigenvalue weighted by Gasteiger charge is 2.13. The van der Waals surface area contributed by atoms with E-state index in [1.807, 2.05) is 13.8 Å². The molecular formula is C11H23N3O2. The lowest BCUT2D eigenvalue weighted by Crippen LogP contribution is -2.47. The molecule has 0 aliphatic rings. The van der Waals surface area contributed by atoms with E-state index in [0.29, 0.717) is 6.54 Å². The van der Waals surface area contributed by atoms with Gasteiger partial charge < -0.3 is 16.0 Å². The van der Waals surface area contributed by atoms with Gasteiger partial charge in [0, 0.05) is 6.54 Å². The first-order chi connectivity index (χ1) is 7.61. The number of carbonyl (C=O) groups is 2. The van der Waals surface area contributed by atoms with Crippen LogP contribution in [-0.2, 0) is 9.59 Å². The van der Waals surface area contributed by atoms with Crippen molar-refractivity contribution in [3.63, 3.8) is 0 Å². The van der Waals surface area contributed by atoms with E-state index in [-0.39, 0.29) is 18.4 Å². The molecule has 1 unspecified atom stereocenters. The van der Waals surface area contributed by atoms with Gasteiger partial charge in [-0.1, -0.05) is 13.8 Å². The minimum atomic E-state index is -0.470. The Hall–Kier alpha value is -1.10. The predicted octanol–water partition coefficient (Wildman–Crippen LogP) is 0.0169. The van der Waals surface area contributed by atoms with Crippen molar-refractivity contribution < 1.29 is 9.59 Å². The molecule has 16 heavy (non-hydrogen) atoms. The summed E-state index contributed by atoms with van der Waals surface area (Å²) in [6, 6.07) is -0.470. The van der Waals surface area contributed by atoms with E-state index in [9.17, 15) is 9.59 Å². The van der Waals surface area contributed by atoms with Gasteiger partial charge in [-0.05, 0) is 26.3 Å². The quantitative estimate of drug-likeness (QED) is 0.514. The monoisotopic (exact) mass is 229 g/mol. The third kappa shape index (κ3) is 7.23. The number of nitrogens with one attached hydrogen (secondary N) is 3. The second kappa shape index (κ2) is 9.15. The zero-order chi connectivity index (χ0) is 12.4. The maximum absolute atomic E-state index is 11.4. The minimum absolute atomic E-state index is 0.134. The molecule has 1 atom stereocenters. The van der Waals surface area contributed by atoms with Crippen molar-refractivity contribution in [2.45, 2.75) is 39.7 Å². The van der Waals surface area contributed by atoms with Gasteiger partial charge in [-0.15, -0.1) is 0 Å². The summed E-state index contributed by atoms with van der Waals surface area (Å²) in [4.78, 5) is 22.8. The van der Waals surface area contributed by atoms with Gasteiger partial charge in [-0.3, -0.25) is 9.59 Å². The third-order valence-corrected chi connectivity index (χ3v) is 2.03. The van der Waals surface area contributed by atoms with Crippen LogP contribution in [0.1, 0.15) is 33.6 Å². The molecule has 0 aromatic carbocycles. The summed E-state index contributed by atoms with van der Waals surface area (Å²) < 4.78 is 0. The molecule has 0 saturated heterocycles. The molecule has 0 rings (SSSR count). The van der Waals surface area contributed by atoms with Crippen LogP contribution < -0.4 is 16.0 Å². The summed E-state index contributed by atoms with van der Waals surface area (Å²) >= 11 is 0. The van der Waals surface area contributed by atoms with Crippen molar-refractivity contribution in [1.29, 1.82) is 0 Å². The van der Waals surface area contributed by atoms with E-state index in [0.717, 1.165) is 19.4 Å². The van der Waals surface area contributed by atoms with Gasteiger partial charge in [-0.25, -0.2) is 0 Å². The van der Waals surface area contributed by atoms with E-state index >= 15 is 0 Å². The topological polar surface area (TPSA) is 70.2 Å². The van der Waals surface area contributed by atoms with E-state index < -0.39 is 6.04 Å². The second-order valence-corrected chi connectivity index (χ2v) is 3.76. The Morgan fingerprint density at radius 1 is 1.12 bits per heavy atom. The first-order valence-corrected chi connectivity index (χ1v) is 5.89. The fraction of sp³-hybridized carbons (Fsp3) is 0.818. The zero-order valence-corrected chi connectivity index (χ0v) is 10.4. The van der Waals surface area contributed by atoms with Crippen molar-refractivity contribution in [2.24, 2.45) is 0 Å². The van der Waals surface area contributed by atoms with Crippen molar-refractivity contribution in [2.75, 3.05) is 19.6 Å². The van der Waals surface area contributed by atoms with Gasteiger partial charge in [0.05, 0.1) is 6.54 Å². The number of hydrogen-bond acceptors (Lipinski definition) is 3. The highest BCUT2D eigenvalue weighted by atomic mass is 16.2. The SMILES string of the molecule is CCCNCC(=O)NC(C)C(=O)NCCC. The molecule has 0 radical (unpaired) electrons. The van der Waals surface area contributed by atoms with E-state index in [4.69, 9.17) is 0 Å². The first-order valence-electron chi connectivity index (χ1n) is 5.89. The third-order valence-electron chi connectivity index (χ3n) is 2.03. The highest BCUT2D eigenvalue weighted by Crippen LogP contribution is 1.83. The van der Waals surface area contributed by atoms with Crippen LogP contribution >= 0.6 is 0 Å². The molecule has 0 spiro atoms. The Morgan fingerprint density at radius 2 is 1.75 bits per heavy atom. The average molecular weight is 229 g/mol. The molecule has 5 heteroatoms. The van der Waals surface area contributed by atoms with E-state index in [2.05, 4.69) is 16.0 Å². The van der Waals surface area contributed by atoms with E-state index in [1.165, 1.54) is 0 Å². The number of carbonyl (C=O) groups excluding carboxylic acids is 2. The van der Waals surface area contributed by atoms with Gasteiger partial charge in [0.1, 0.15) is 6.04 Å². The fourth-order valence-electron chi connectivity index (χ4n) is 1.14. The van der Waals surface area contributed by atoms with Crippen LogP contribution in [0.5, 0.6) is 0 Å². The molecule has 5 nitrogen and oxygen atoms in total. The molecule has 0 aromatic heterocycles. The lowest BCUT2D eigenvalue weighted by atomic mass is 10.3. The Bertz CT molecular complexity index is 219. The van der Waals surface area contributed by atoms with Crippen LogP contribution in [0.25, 0.3) is 0 Å². The molecule has 0 aromatic rings. The minimum Gasteiger partial charge on any atom is -0.354 e. The summed E-state index contributed by atoms with van der Waals surface area (Å²) in [6.45, 7) is 7.42. The van der Waals surface area contributed by atoms with Crippen molar-refractivity contribution in [1.82, 2.24) is 16.0 Å². The van der Waals surface area contributed by atoms with E-state index in [1.54, 1.807) is 6.92 Å². The van der Waals surface area contributed by atoms with Crippen LogP contribution in [0, 0.1) is 0 Å². The lowest BCUT2D eigenvalue weighted by Gasteiger charge is -2.13. The number of hydrogen-bond donors (Lipinski definition) is 3. The smallest absolute Gasteiger partial charge is 0.242 e. The Morgan fingerprint density at radius 3 is 2.31 bits per heavy atom. The lowest BCUT2D eigenvalue weighted by molar-refractivity contribution is -0.128. The molecule has 94 valence electrons. The maximum Gasteiger partial charge on any atom is 0.242 e. The van der Waals surface area contributed by atoms with Crippen LogP contribution in [0.2, 0.25) is 0 Å². The summed E-state index contributed by atoms with van der Waals surface area (Å²) in [6.07, 6.45) is 1.88. The number of rotatable bonds is 8.